The molecule has 198 valence electrons. The molecule has 2 unspecified atom stereocenters. The van der Waals surface area contributed by atoms with Crippen molar-refractivity contribution in [2.45, 2.75) is 44.7 Å². The van der Waals surface area contributed by atoms with Crippen molar-refractivity contribution in [1.82, 2.24) is 20.6 Å². The zero-order valence-electron chi connectivity index (χ0n) is 21.8. The van der Waals surface area contributed by atoms with Gasteiger partial charge in [0.25, 0.3) is 5.91 Å². The van der Waals surface area contributed by atoms with E-state index in [0.29, 0.717) is 12.2 Å². The van der Waals surface area contributed by atoms with Gasteiger partial charge in [-0.05, 0) is 48.6 Å². The Labute approximate surface area is 222 Å². The van der Waals surface area contributed by atoms with Crippen LogP contribution in [0.15, 0.2) is 66.9 Å². The first kappa shape index (κ1) is 26.8. The van der Waals surface area contributed by atoms with Crippen LogP contribution in [-0.4, -0.2) is 53.9 Å². The van der Waals surface area contributed by atoms with E-state index >= 15 is 0 Å². The second kappa shape index (κ2) is 11.9. The third-order valence-corrected chi connectivity index (χ3v) is 6.78. The number of nitrogens with zero attached hydrogens (tertiary/aromatic N) is 2. The quantitative estimate of drug-likeness (QED) is 0.380. The van der Waals surface area contributed by atoms with Crippen LogP contribution in [0.2, 0.25) is 0 Å². The topological polar surface area (TPSA) is 120 Å². The smallest absolute Gasteiger partial charge is 0.316 e. The molecule has 2 aromatic carbocycles. The summed E-state index contributed by atoms with van der Waals surface area (Å²) in [6, 6.07) is 16.6. The molecule has 1 aliphatic carbocycles. The minimum Gasteiger partial charge on any atom is -0.497 e. The molecule has 1 aliphatic rings. The molecule has 0 spiro atoms. The lowest BCUT2D eigenvalue weighted by molar-refractivity contribution is -0.131. The first-order valence-corrected chi connectivity index (χ1v) is 12.5. The standard InChI is InChI=1S/C29H32N4O5/c1-29(14-15-29)25(34)23(17-19-7-5-4-6-8-19)31-27(36)24(18-20-9-11-21(37-2)12-10-20)32-26(35)22-13-16-30-28(33-22)38-3/h4-13,16,23-24H,14-15,17-18H2,1-3H3,(H,31,36)(H,32,35). The van der Waals surface area contributed by atoms with E-state index < -0.39 is 29.3 Å². The number of benzene rings is 2. The monoisotopic (exact) mass is 516 g/mol. The Bertz CT molecular complexity index is 1280. The molecule has 0 aliphatic heterocycles. The molecule has 1 saturated carbocycles. The molecule has 2 N–H and O–H groups in total. The highest BCUT2D eigenvalue weighted by Gasteiger charge is 2.48. The van der Waals surface area contributed by atoms with Crippen LogP contribution in [0.4, 0.5) is 0 Å². The number of hydrogen-bond donors (Lipinski definition) is 2. The Morgan fingerprint density at radius 1 is 0.868 bits per heavy atom. The molecule has 2 atom stereocenters. The van der Waals surface area contributed by atoms with Gasteiger partial charge in [0.2, 0.25) is 5.91 Å². The second-order valence-corrected chi connectivity index (χ2v) is 9.68. The van der Waals surface area contributed by atoms with Crippen LogP contribution in [0.1, 0.15) is 41.4 Å². The van der Waals surface area contributed by atoms with Crippen LogP contribution in [0.5, 0.6) is 11.8 Å². The lowest BCUT2D eigenvalue weighted by atomic mass is 9.92. The maximum absolute atomic E-state index is 13.7. The zero-order chi connectivity index (χ0) is 27.1. The summed E-state index contributed by atoms with van der Waals surface area (Å²) in [7, 11) is 2.98. The fourth-order valence-electron chi connectivity index (χ4n) is 4.19. The molecule has 2 amide bonds. The van der Waals surface area contributed by atoms with Crippen LogP contribution in [0, 0.1) is 5.41 Å². The number of ether oxygens (including phenoxy) is 2. The third-order valence-electron chi connectivity index (χ3n) is 6.78. The van der Waals surface area contributed by atoms with Gasteiger partial charge >= 0.3 is 6.01 Å². The largest absolute Gasteiger partial charge is 0.497 e. The van der Waals surface area contributed by atoms with Crippen LogP contribution in [0.3, 0.4) is 0 Å². The fourth-order valence-corrected chi connectivity index (χ4v) is 4.19. The Kier molecular flexibility index (Phi) is 8.35. The van der Waals surface area contributed by atoms with Crippen molar-refractivity contribution in [3.05, 3.63) is 83.7 Å². The van der Waals surface area contributed by atoms with Gasteiger partial charge in [0, 0.05) is 18.0 Å². The molecule has 0 saturated heterocycles. The summed E-state index contributed by atoms with van der Waals surface area (Å²) in [5, 5.41) is 5.73. The summed E-state index contributed by atoms with van der Waals surface area (Å²) >= 11 is 0. The van der Waals surface area contributed by atoms with Crippen molar-refractivity contribution < 1.29 is 23.9 Å². The van der Waals surface area contributed by atoms with Gasteiger partial charge < -0.3 is 20.1 Å². The number of methoxy groups -OCH3 is 2. The van der Waals surface area contributed by atoms with Gasteiger partial charge in [-0.25, -0.2) is 4.98 Å². The fraction of sp³-hybridized carbons (Fsp3) is 0.345. The van der Waals surface area contributed by atoms with Gasteiger partial charge in [-0.1, -0.05) is 49.4 Å². The van der Waals surface area contributed by atoms with Gasteiger partial charge in [0.05, 0.1) is 20.3 Å². The molecular weight excluding hydrogens is 484 g/mol. The van der Waals surface area contributed by atoms with Crippen LogP contribution in [-0.2, 0) is 22.4 Å². The van der Waals surface area contributed by atoms with E-state index in [9.17, 15) is 14.4 Å². The number of Topliss-reactive ketones (excluding diaryl/α,β-unsaturated/α-hetero) is 1. The lowest BCUT2D eigenvalue weighted by Crippen LogP contribution is -2.54. The number of rotatable bonds is 12. The predicted molar refractivity (Wildman–Crippen MR) is 141 cm³/mol. The summed E-state index contributed by atoms with van der Waals surface area (Å²) in [6.45, 7) is 1.93. The minimum absolute atomic E-state index is 0.00441. The maximum Gasteiger partial charge on any atom is 0.316 e. The van der Waals surface area contributed by atoms with E-state index in [2.05, 4.69) is 20.6 Å². The highest BCUT2D eigenvalue weighted by molar-refractivity contribution is 5.99. The molecule has 1 aromatic heterocycles. The first-order valence-electron chi connectivity index (χ1n) is 12.5. The van der Waals surface area contributed by atoms with E-state index in [4.69, 9.17) is 9.47 Å². The van der Waals surface area contributed by atoms with Crippen molar-refractivity contribution in [3.8, 4) is 11.8 Å². The molecule has 9 heteroatoms. The van der Waals surface area contributed by atoms with Crippen molar-refractivity contribution in [1.29, 1.82) is 0 Å². The van der Waals surface area contributed by atoms with Crippen LogP contribution < -0.4 is 20.1 Å². The molecule has 4 rings (SSSR count). The van der Waals surface area contributed by atoms with E-state index in [-0.39, 0.29) is 23.9 Å². The third kappa shape index (κ3) is 6.73. The Balaban J connectivity index is 1.57. The van der Waals surface area contributed by atoms with Gasteiger partial charge in [0.1, 0.15) is 17.5 Å². The van der Waals surface area contributed by atoms with E-state index in [1.165, 1.54) is 19.4 Å². The SMILES string of the molecule is COc1ccc(CC(NC(=O)c2ccnc(OC)n2)C(=O)NC(Cc2ccccc2)C(=O)C2(C)CC2)cc1. The highest BCUT2D eigenvalue weighted by atomic mass is 16.5. The zero-order valence-corrected chi connectivity index (χ0v) is 21.8. The normalized spacial score (nSPS) is 15.0. The maximum atomic E-state index is 13.7. The Hall–Kier alpha value is -4.27. The molecule has 0 bridgehead atoms. The lowest BCUT2D eigenvalue weighted by Gasteiger charge is -2.25. The molecule has 0 radical (unpaired) electrons. The summed E-state index contributed by atoms with van der Waals surface area (Å²) < 4.78 is 10.2. The molecule has 3 aromatic rings. The van der Waals surface area contributed by atoms with Gasteiger partial charge in [0.15, 0.2) is 5.78 Å². The number of nitrogens with one attached hydrogen (secondary N) is 2. The van der Waals surface area contributed by atoms with Gasteiger partial charge in [-0.15, -0.1) is 0 Å². The molecule has 38 heavy (non-hydrogen) atoms. The molecule has 1 heterocycles. The molecule has 9 nitrogen and oxygen atoms in total. The van der Waals surface area contributed by atoms with Crippen molar-refractivity contribution in [2.24, 2.45) is 5.41 Å². The second-order valence-electron chi connectivity index (χ2n) is 9.68. The number of carbonyl (C=O) groups is 3. The van der Waals surface area contributed by atoms with Crippen molar-refractivity contribution in [3.63, 3.8) is 0 Å². The van der Waals surface area contributed by atoms with E-state index in [0.717, 1.165) is 24.0 Å². The number of hydrogen-bond acceptors (Lipinski definition) is 7. The molecular formula is C29H32N4O5. The summed E-state index contributed by atoms with van der Waals surface area (Å²) in [5.41, 5.74) is 1.39. The number of amides is 2. The number of ketones is 1. The van der Waals surface area contributed by atoms with Gasteiger partial charge in [-0.2, -0.15) is 4.98 Å². The summed E-state index contributed by atoms with van der Waals surface area (Å²) in [5.74, 6) is -0.323. The van der Waals surface area contributed by atoms with Crippen molar-refractivity contribution in [2.75, 3.05) is 14.2 Å². The first-order chi connectivity index (χ1) is 18.3. The average molecular weight is 517 g/mol. The van der Waals surface area contributed by atoms with Crippen molar-refractivity contribution >= 4 is 17.6 Å². The van der Waals surface area contributed by atoms with Crippen LogP contribution >= 0.6 is 0 Å². The van der Waals surface area contributed by atoms with E-state index in [1.54, 1.807) is 19.2 Å². The number of carbonyl (C=O) groups excluding carboxylic acids is 3. The van der Waals surface area contributed by atoms with Crippen LogP contribution in [0.25, 0.3) is 0 Å². The summed E-state index contributed by atoms with van der Waals surface area (Å²) in [4.78, 5) is 48.1. The van der Waals surface area contributed by atoms with E-state index in [1.807, 2.05) is 49.4 Å². The highest BCUT2D eigenvalue weighted by Crippen LogP contribution is 2.46. The Morgan fingerprint density at radius 3 is 2.16 bits per heavy atom. The average Bonchev–Trinajstić information content (AvgIpc) is 3.71. The summed E-state index contributed by atoms with van der Waals surface area (Å²) in [6.07, 6.45) is 3.58. The predicted octanol–water partition coefficient (Wildman–Crippen LogP) is 2.93. The van der Waals surface area contributed by atoms with Gasteiger partial charge in [-0.3, -0.25) is 14.4 Å². The number of aromatic nitrogens is 2. The Morgan fingerprint density at radius 2 is 1.53 bits per heavy atom. The molecule has 1 fully saturated rings. The minimum atomic E-state index is -0.963.